The lowest BCUT2D eigenvalue weighted by Gasteiger charge is -2.08. The highest BCUT2D eigenvalue weighted by molar-refractivity contribution is 5.79. The fourth-order valence-electron chi connectivity index (χ4n) is 1.84. The van der Waals surface area contributed by atoms with E-state index < -0.39 is 6.10 Å². The molecule has 2 aromatic rings. The second-order valence-corrected chi connectivity index (χ2v) is 4.59. The van der Waals surface area contributed by atoms with Gasteiger partial charge in [-0.3, -0.25) is 4.98 Å². The fourth-order valence-corrected chi connectivity index (χ4v) is 1.84. The van der Waals surface area contributed by atoms with E-state index in [1.165, 1.54) is 0 Å². The van der Waals surface area contributed by atoms with E-state index in [0.29, 0.717) is 0 Å². The van der Waals surface area contributed by atoms with Crippen molar-refractivity contribution in [3.63, 3.8) is 0 Å². The van der Waals surface area contributed by atoms with Crippen LogP contribution in [0.2, 0.25) is 0 Å². The number of aryl methyl sites for hydroxylation is 1. The van der Waals surface area contributed by atoms with Crippen molar-refractivity contribution in [1.29, 1.82) is 0 Å². The van der Waals surface area contributed by atoms with E-state index in [2.05, 4.69) is 4.98 Å². The van der Waals surface area contributed by atoms with Crippen LogP contribution >= 0.6 is 0 Å². The van der Waals surface area contributed by atoms with Gasteiger partial charge in [0.25, 0.3) is 0 Å². The van der Waals surface area contributed by atoms with E-state index in [1.54, 1.807) is 0 Å². The first-order valence-electron chi connectivity index (χ1n) is 5.76. The van der Waals surface area contributed by atoms with Crippen LogP contribution in [0.5, 0.6) is 0 Å². The average Bonchev–Trinajstić information content (AvgIpc) is 2.27. The zero-order valence-electron chi connectivity index (χ0n) is 10.4. The smallest absolute Gasteiger partial charge is 0.0974 e. The predicted molar refractivity (Wildman–Crippen MR) is 70.9 cm³/mol. The number of hydrogen-bond donors (Lipinski definition) is 1. The van der Waals surface area contributed by atoms with Crippen molar-refractivity contribution in [3.8, 4) is 0 Å². The molecule has 0 bridgehead atoms. The van der Waals surface area contributed by atoms with Gasteiger partial charge in [-0.15, -0.1) is 0 Å². The van der Waals surface area contributed by atoms with Gasteiger partial charge in [0.1, 0.15) is 0 Å². The van der Waals surface area contributed by atoms with Crippen LogP contribution in [0.3, 0.4) is 0 Å². The van der Waals surface area contributed by atoms with Gasteiger partial charge in [0, 0.05) is 11.1 Å². The molecule has 0 radical (unpaired) electrons. The highest BCUT2D eigenvalue weighted by atomic mass is 16.3. The molecular formula is C15H17NO. The summed E-state index contributed by atoms with van der Waals surface area (Å²) in [5.74, 6) is 0. The summed E-state index contributed by atoms with van der Waals surface area (Å²) in [4.78, 5) is 4.44. The zero-order valence-corrected chi connectivity index (χ0v) is 10.4. The van der Waals surface area contributed by atoms with Gasteiger partial charge in [0.05, 0.1) is 11.6 Å². The number of nitrogens with zero attached hydrogens (tertiary/aromatic N) is 1. The third-order valence-electron chi connectivity index (χ3n) is 2.69. The average molecular weight is 227 g/mol. The molecule has 0 saturated heterocycles. The standard InChI is InChI=1S/C15H17NO/c1-10(2)8-15(17)13-6-7-14-12(9-13)5-4-11(3)16-14/h4-9,15,17H,1-3H3. The van der Waals surface area contributed by atoms with Crippen molar-refractivity contribution in [2.24, 2.45) is 0 Å². The van der Waals surface area contributed by atoms with Crippen molar-refractivity contribution >= 4 is 10.9 Å². The predicted octanol–water partition coefficient (Wildman–Crippen LogP) is 3.54. The SMILES string of the molecule is CC(C)=CC(O)c1ccc2nc(C)ccc2c1. The van der Waals surface area contributed by atoms with Gasteiger partial charge >= 0.3 is 0 Å². The van der Waals surface area contributed by atoms with E-state index in [9.17, 15) is 5.11 Å². The van der Waals surface area contributed by atoms with E-state index in [4.69, 9.17) is 0 Å². The minimum Gasteiger partial charge on any atom is -0.384 e. The first kappa shape index (κ1) is 11.8. The van der Waals surface area contributed by atoms with Gasteiger partial charge in [0.15, 0.2) is 0 Å². The second kappa shape index (κ2) is 4.68. The minimum absolute atomic E-state index is 0.536. The normalized spacial score (nSPS) is 12.5. The number of pyridine rings is 1. The maximum Gasteiger partial charge on any atom is 0.0974 e. The highest BCUT2D eigenvalue weighted by Crippen LogP contribution is 2.21. The van der Waals surface area contributed by atoms with Crippen molar-refractivity contribution < 1.29 is 5.11 Å². The molecule has 1 aromatic carbocycles. The largest absolute Gasteiger partial charge is 0.384 e. The Hall–Kier alpha value is -1.67. The van der Waals surface area contributed by atoms with Gasteiger partial charge in [-0.1, -0.05) is 23.8 Å². The summed E-state index contributed by atoms with van der Waals surface area (Å²) >= 11 is 0. The Morgan fingerprint density at radius 1 is 1.24 bits per heavy atom. The quantitative estimate of drug-likeness (QED) is 0.796. The fraction of sp³-hybridized carbons (Fsp3) is 0.267. The van der Waals surface area contributed by atoms with Crippen LogP contribution in [0.25, 0.3) is 10.9 Å². The molecule has 0 aliphatic rings. The molecule has 0 saturated carbocycles. The summed E-state index contributed by atoms with van der Waals surface area (Å²) in [6.07, 6.45) is 1.31. The Bertz CT molecular complexity index is 568. The van der Waals surface area contributed by atoms with Crippen LogP contribution in [-0.4, -0.2) is 10.1 Å². The summed E-state index contributed by atoms with van der Waals surface area (Å²) in [6.45, 7) is 5.94. The lowest BCUT2D eigenvalue weighted by atomic mass is 10.0. The van der Waals surface area contributed by atoms with Crippen LogP contribution < -0.4 is 0 Å². The summed E-state index contributed by atoms with van der Waals surface area (Å²) in [5, 5.41) is 11.1. The number of aliphatic hydroxyl groups excluding tert-OH is 1. The maximum atomic E-state index is 10.0. The van der Waals surface area contributed by atoms with Gasteiger partial charge in [-0.25, -0.2) is 0 Å². The molecule has 17 heavy (non-hydrogen) atoms. The minimum atomic E-state index is -0.536. The number of allylic oxidation sites excluding steroid dienone is 1. The molecule has 2 rings (SSSR count). The lowest BCUT2D eigenvalue weighted by molar-refractivity contribution is 0.228. The molecule has 2 nitrogen and oxygen atoms in total. The lowest BCUT2D eigenvalue weighted by Crippen LogP contribution is -1.94. The van der Waals surface area contributed by atoms with Crippen LogP contribution in [0, 0.1) is 6.92 Å². The molecule has 1 aromatic heterocycles. The Kier molecular flexibility index (Phi) is 3.25. The summed E-state index contributed by atoms with van der Waals surface area (Å²) in [7, 11) is 0. The third-order valence-corrected chi connectivity index (χ3v) is 2.69. The molecule has 1 atom stereocenters. The van der Waals surface area contributed by atoms with Gasteiger partial charge in [-0.05, 0) is 44.5 Å². The van der Waals surface area contributed by atoms with Gasteiger partial charge < -0.3 is 5.11 Å². The monoisotopic (exact) mass is 227 g/mol. The molecular weight excluding hydrogens is 210 g/mol. The van der Waals surface area contributed by atoms with Gasteiger partial charge in [0.2, 0.25) is 0 Å². The molecule has 1 heterocycles. The topological polar surface area (TPSA) is 33.1 Å². The Morgan fingerprint density at radius 3 is 2.71 bits per heavy atom. The Morgan fingerprint density at radius 2 is 2.00 bits per heavy atom. The molecule has 0 aliphatic heterocycles. The number of rotatable bonds is 2. The molecule has 0 fully saturated rings. The van der Waals surface area contributed by atoms with E-state index in [-0.39, 0.29) is 0 Å². The number of hydrogen-bond acceptors (Lipinski definition) is 2. The molecule has 1 unspecified atom stereocenters. The molecule has 0 aliphatic carbocycles. The van der Waals surface area contributed by atoms with E-state index in [0.717, 1.165) is 27.7 Å². The van der Waals surface area contributed by atoms with Crippen LogP contribution in [0.15, 0.2) is 42.0 Å². The zero-order chi connectivity index (χ0) is 12.4. The van der Waals surface area contributed by atoms with E-state index in [1.807, 2.05) is 57.2 Å². The Labute approximate surface area is 102 Å². The summed E-state index contributed by atoms with van der Waals surface area (Å²) in [5.41, 5.74) is 4.00. The van der Waals surface area contributed by atoms with Crippen molar-refractivity contribution in [3.05, 3.63) is 53.2 Å². The molecule has 1 N–H and O–H groups in total. The van der Waals surface area contributed by atoms with E-state index >= 15 is 0 Å². The third kappa shape index (κ3) is 2.71. The Balaban J connectivity index is 2.44. The second-order valence-electron chi connectivity index (χ2n) is 4.59. The number of aromatic nitrogens is 1. The van der Waals surface area contributed by atoms with Crippen molar-refractivity contribution in [2.75, 3.05) is 0 Å². The number of aliphatic hydroxyl groups is 1. The molecule has 0 spiro atoms. The summed E-state index contributed by atoms with van der Waals surface area (Å²) in [6, 6.07) is 9.90. The van der Waals surface area contributed by atoms with Crippen molar-refractivity contribution in [1.82, 2.24) is 4.98 Å². The molecule has 2 heteroatoms. The molecule has 0 amide bonds. The summed E-state index contributed by atoms with van der Waals surface area (Å²) < 4.78 is 0. The first-order chi connectivity index (χ1) is 8.06. The number of fused-ring (bicyclic) bond motifs is 1. The van der Waals surface area contributed by atoms with Crippen LogP contribution in [-0.2, 0) is 0 Å². The first-order valence-corrected chi connectivity index (χ1v) is 5.76. The van der Waals surface area contributed by atoms with Crippen LogP contribution in [0.1, 0.15) is 31.2 Å². The van der Waals surface area contributed by atoms with Crippen LogP contribution in [0.4, 0.5) is 0 Å². The molecule has 88 valence electrons. The number of benzene rings is 1. The highest BCUT2D eigenvalue weighted by Gasteiger charge is 2.05. The maximum absolute atomic E-state index is 10.0. The van der Waals surface area contributed by atoms with Gasteiger partial charge in [-0.2, -0.15) is 0 Å². The van der Waals surface area contributed by atoms with Crippen molar-refractivity contribution in [2.45, 2.75) is 26.9 Å².